The molecule has 5 nitrogen and oxygen atoms in total. The molecule has 0 aromatic carbocycles. The first kappa shape index (κ1) is 14.3. The number of rotatable bonds is 3. The van der Waals surface area contributed by atoms with Crippen molar-refractivity contribution in [3.8, 4) is 10.8 Å². The maximum absolute atomic E-state index is 5.46. The van der Waals surface area contributed by atoms with Crippen molar-refractivity contribution in [2.75, 3.05) is 20.1 Å². The van der Waals surface area contributed by atoms with Gasteiger partial charge < -0.3 is 14.6 Å². The summed E-state index contributed by atoms with van der Waals surface area (Å²) in [5.74, 6) is 1.61. The molecule has 0 aliphatic carbocycles. The Hall–Kier alpha value is -1.09. The number of thiophene rings is 1. The fraction of sp³-hybridized carbons (Fsp3) is 0.333. The van der Waals surface area contributed by atoms with E-state index in [9.17, 15) is 0 Å². The molecule has 0 radical (unpaired) electrons. The molecule has 1 N–H and O–H groups in total. The van der Waals surface area contributed by atoms with Gasteiger partial charge in [0.1, 0.15) is 6.26 Å². The quantitative estimate of drug-likeness (QED) is 0.818. The Bertz CT molecular complexity index is 552. The lowest BCUT2D eigenvalue weighted by molar-refractivity contribution is 0.532. The first-order valence-electron chi connectivity index (χ1n) is 5.80. The molecule has 0 bridgehead atoms. The van der Waals surface area contributed by atoms with E-state index in [4.69, 9.17) is 4.42 Å². The third-order valence-electron chi connectivity index (χ3n) is 2.77. The van der Waals surface area contributed by atoms with Gasteiger partial charge in [-0.25, -0.2) is 4.98 Å². The molecule has 3 heterocycles. The normalized spacial score (nSPS) is 14.2. The Morgan fingerprint density at radius 1 is 1.53 bits per heavy atom. The van der Waals surface area contributed by atoms with E-state index >= 15 is 0 Å². The van der Waals surface area contributed by atoms with Gasteiger partial charge in [0.05, 0.1) is 23.7 Å². The van der Waals surface area contributed by atoms with Crippen LogP contribution in [0.3, 0.4) is 0 Å². The zero-order valence-electron chi connectivity index (χ0n) is 10.5. The summed E-state index contributed by atoms with van der Waals surface area (Å²) in [6.45, 7) is 2.47. The van der Waals surface area contributed by atoms with E-state index < -0.39 is 0 Å². The highest BCUT2D eigenvalue weighted by atomic mass is 127. The van der Waals surface area contributed by atoms with Crippen LogP contribution in [0.15, 0.2) is 33.2 Å². The second kappa shape index (κ2) is 6.38. The molecule has 3 rings (SSSR count). The lowest BCUT2D eigenvalue weighted by Gasteiger charge is -2.13. The van der Waals surface area contributed by atoms with Crippen molar-refractivity contribution in [3.63, 3.8) is 0 Å². The number of oxazole rings is 1. The molecule has 19 heavy (non-hydrogen) atoms. The fourth-order valence-corrected chi connectivity index (χ4v) is 2.45. The van der Waals surface area contributed by atoms with E-state index in [0.717, 1.165) is 29.6 Å². The monoisotopic (exact) mass is 390 g/mol. The molecule has 102 valence electrons. The van der Waals surface area contributed by atoms with Crippen molar-refractivity contribution in [2.45, 2.75) is 6.54 Å². The van der Waals surface area contributed by atoms with Crippen molar-refractivity contribution in [1.82, 2.24) is 15.2 Å². The minimum atomic E-state index is 0. The Morgan fingerprint density at radius 2 is 2.42 bits per heavy atom. The summed E-state index contributed by atoms with van der Waals surface area (Å²) in [4.78, 5) is 12.0. The summed E-state index contributed by atoms with van der Waals surface area (Å²) >= 11 is 1.62. The predicted octanol–water partition coefficient (Wildman–Crippen LogP) is 2.41. The van der Waals surface area contributed by atoms with Crippen LogP contribution in [-0.2, 0) is 6.54 Å². The first-order valence-corrected chi connectivity index (χ1v) is 6.68. The highest BCUT2D eigenvalue weighted by Gasteiger charge is 2.13. The molecular weight excluding hydrogens is 375 g/mol. The molecule has 0 unspecified atom stereocenters. The first-order chi connectivity index (χ1) is 8.83. The highest BCUT2D eigenvalue weighted by molar-refractivity contribution is 14.0. The van der Waals surface area contributed by atoms with E-state index in [1.807, 2.05) is 24.6 Å². The number of hydrogen-bond acceptors (Lipinski definition) is 6. The van der Waals surface area contributed by atoms with Gasteiger partial charge >= 0.3 is 0 Å². The van der Waals surface area contributed by atoms with E-state index in [0.29, 0.717) is 12.4 Å². The number of likely N-dealkylation sites (N-methyl/N-ethyl adjacent to an activating group) is 1. The molecule has 0 saturated carbocycles. The van der Waals surface area contributed by atoms with Gasteiger partial charge in [0.25, 0.3) is 0 Å². The predicted molar refractivity (Wildman–Crippen MR) is 87.0 cm³/mol. The molecule has 0 saturated heterocycles. The van der Waals surface area contributed by atoms with Gasteiger partial charge in [0.2, 0.25) is 5.89 Å². The molecule has 7 heteroatoms. The molecule has 0 fully saturated rings. The van der Waals surface area contributed by atoms with Crippen LogP contribution in [0.1, 0.15) is 5.69 Å². The standard InChI is InChI=1S/C12H14N4OS.HI/c1-16-5-4-13-12(16)14-7-9-8-17-11(15-9)10-3-2-6-18-10;/h2-3,6,8H,4-5,7H2,1H3,(H,13,14);1H. The molecular formula is C12H15IN4OS. The largest absolute Gasteiger partial charge is 0.443 e. The van der Waals surface area contributed by atoms with Crippen molar-refractivity contribution in [3.05, 3.63) is 29.5 Å². The number of hydrogen-bond donors (Lipinski definition) is 1. The van der Waals surface area contributed by atoms with Gasteiger partial charge in [0, 0.05) is 13.6 Å². The maximum Gasteiger partial charge on any atom is 0.236 e. The van der Waals surface area contributed by atoms with Crippen LogP contribution in [0.2, 0.25) is 0 Å². The Labute approximate surface area is 132 Å². The third-order valence-corrected chi connectivity index (χ3v) is 3.63. The number of halogens is 1. The maximum atomic E-state index is 5.46. The zero-order chi connectivity index (χ0) is 12.4. The van der Waals surface area contributed by atoms with Crippen LogP contribution < -0.4 is 5.32 Å². The Balaban J connectivity index is 0.00000133. The summed E-state index contributed by atoms with van der Waals surface area (Å²) in [6.07, 6.45) is 1.69. The van der Waals surface area contributed by atoms with Crippen LogP contribution in [0.25, 0.3) is 10.8 Å². The Morgan fingerprint density at radius 3 is 3.11 bits per heavy atom. The number of guanidine groups is 1. The van der Waals surface area contributed by atoms with Gasteiger partial charge in [-0.1, -0.05) is 6.07 Å². The van der Waals surface area contributed by atoms with Crippen LogP contribution in [0.4, 0.5) is 0 Å². The SMILES string of the molecule is CN1CCN=C1NCc1coc(-c2cccs2)n1.I. The van der Waals surface area contributed by atoms with Gasteiger partial charge in [-0.15, -0.1) is 35.3 Å². The second-order valence-corrected chi connectivity index (χ2v) is 5.05. The molecule has 1 aliphatic rings. The molecule has 2 aromatic heterocycles. The summed E-state index contributed by atoms with van der Waals surface area (Å²) in [5, 5.41) is 5.28. The van der Waals surface area contributed by atoms with Crippen LogP contribution in [-0.4, -0.2) is 36.0 Å². The lowest BCUT2D eigenvalue weighted by Crippen LogP contribution is -2.35. The fourth-order valence-electron chi connectivity index (χ4n) is 1.79. The minimum Gasteiger partial charge on any atom is -0.443 e. The highest BCUT2D eigenvalue weighted by Crippen LogP contribution is 2.23. The van der Waals surface area contributed by atoms with E-state index in [1.54, 1.807) is 17.6 Å². The van der Waals surface area contributed by atoms with E-state index in [1.165, 1.54) is 0 Å². The molecule has 0 spiro atoms. The smallest absolute Gasteiger partial charge is 0.236 e. The van der Waals surface area contributed by atoms with E-state index in [2.05, 4.69) is 20.2 Å². The number of nitrogens with zero attached hydrogens (tertiary/aromatic N) is 3. The summed E-state index contributed by atoms with van der Waals surface area (Å²) < 4.78 is 5.46. The van der Waals surface area contributed by atoms with Crippen LogP contribution in [0.5, 0.6) is 0 Å². The van der Waals surface area contributed by atoms with Gasteiger partial charge in [-0.2, -0.15) is 0 Å². The number of nitrogens with one attached hydrogen (secondary N) is 1. The second-order valence-electron chi connectivity index (χ2n) is 4.10. The summed E-state index contributed by atoms with van der Waals surface area (Å²) in [5.41, 5.74) is 0.890. The molecule has 0 atom stereocenters. The average Bonchev–Trinajstić information content (AvgIpc) is 3.08. The van der Waals surface area contributed by atoms with Crippen molar-refractivity contribution in [1.29, 1.82) is 0 Å². The molecule has 0 amide bonds. The topological polar surface area (TPSA) is 53.7 Å². The third kappa shape index (κ3) is 3.27. The van der Waals surface area contributed by atoms with Gasteiger partial charge in [-0.05, 0) is 11.4 Å². The van der Waals surface area contributed by atoms with E-state index in [-0.39, 0.29) is 24.0 Å². The van der Waals surface area contributed by atoms with Crippen LogP contribution in [0, 0.1) is 0 Å². The van der Waals surface area contributed by atoms with Gasteiger partial charge in [-0.3, -0.25) is 4.99 Å². The summed E-state index contributed by atoms with van der Waals surface area (Å²) in [6, 6.07) is 3.99. The Kier molecular flexibility index (Phi) is 4.81. The lowest BCUT2D eigenvalue weighted by atomic mass is 10.4. The number of aromatic nitrogens is 1. The van der Waals surface area contributed by atoms with Crippen molar-refractivity contribution in [2.24, 2.45) is 4.99 Å². The van der Waals surface area contributed by atoms with Crippen LogP contribution >= 0.6 is 35.3 Å². The molecule has 1 aliphatic heterocycles. The average molecular weight is 390 g/mol. The summed E-state index contributed by atoms with van der Waals surface area (Å²) in [7, 11) is 2.03. The number of aliphatic imine (C=N–C) groups is 1. The minimum absolute atomic E-state index is 0. The van der Waals surface area contributed by atoms with Crippen molar-refractivity contribution < 1.29 is 4.42 Å². The van der Waals surface area contributed by atoms with Gasteiger partial charge in [0.15, 0.2) is 5.96 Å². The van der Waals surface area contributed by atoms with Crippen molar-refractivity contribution >= 4 is 41.3 Å². The molecule has 2 aromatic rings. The zero-order valence-corrected chi connectivity index (χ0v) is 13.6.